The molecular formula is C13H19FN4O2. The summed E-state index contributed by atoms with van der Waals surface area (Å²) in [5.74, 6) is 0.0213. The highest BCUT2D eigenvalue weighted by Crippen LogP contribution is 2.24. The Bertz CT molecular complexity index is 447. The molecule has 2 atom stereocenters. The first-order chi connectivity index (χ1) is 9.74. The second-order valence-corrected chi connectivity index (χ2v) is 5.29. The molecule has 2 saturated heterocycles. The molecule has 6 nitrogen and oxygen atoms in total. The number of rotatable bonds is 3. The molecule has 1 amide bonds. The number of aromatic amines is 1. The molecule has 1 aromatic rings. The van der Waals surface area contributed by atoms with Crippen LogP contribution in [0.2, 0.25) is 0 Å². The zero-order valence-corrected chi connectivity index (χ0v) is 11.3. The molecule has 2 fully saturated rings. The molecule has 0 aliphatic carbocycles. The van der Waals surface area contributed by atoms with Gasteiger partial charge in [0.1, 0.15) is 6.17 Å². The molecule has 0 radical (unpaired) electrons. The van der Waals surface area contributed by atoms with Crippen LogP contribution in [-0.4, -0.2) is 70.7 Å². The van der Waals surface area contributed by atoms with Crippen LogP contribution in [0, 0.1) is 0 Å². The summed E-state index contributed by atoms with van der Waals surface area (Å²) in [6.07, 6.45) is 2.65. The van der Waals surface area contributed by atoms with Crippen molar-refractivity contribution in [3.05, 3.63) is 18.2 Å². The van der Waals surface area contributed by atoms with Crippen molar-refractivity contribution in [3.8, 4) is 0 Å². The highest BCUT2D eigenvalue weighted by molar-refractivity contribution is 5.82. The minimum absolute atomic E-state index is 0.0213. The molecule has 0 unspecified atom stereocenters. The first-order valence-corrected chi connectivity index (χ1v) is 6.96. The van der Waals surface area contributed by atoms with E-state index in [9.17, 15) is 9.18 Å². The number of ether oxygens (including phenoxy) is 1. The topological polar surface area (TPSA) is 61.5 Å². The van der Waals surface area contributed by atoms with Gasteiger partial charge < -0.3 is 14.6 Å². The van der Waals surface area contributed by atoms with E-state index in [1.165, 1.54) is 0 Å². The summed E-state index contributed by atoms with van der Waals surface area (Å²) >= 11 is 0. The van der Waals surface area contributed by atoms with Crippen LogP contribution in [0.3, 0.4) is 0 Å². The highest BCUT2D eigenvalue weighted by atomic mass is 19.1. The maximum Gasteiger partial charge on any atom is 0.240 e. The van der Waals surface area contributed by atoms with Crippen LogP contribution in [0.4, 0.5) is 4.39 Å². The third-order valence-corrected chi connectivity index (χ3v) is 3.89. The Hall–Kier alpha value is -1.47. The molecule has 1 N–H and O–H groups in total. The number of nitrogens with one attached hydrogen (secondary N) is 1. The van der Waals surface area contributed by atoms with Gasteiger partial charge in [0.2, 0.25) is 5.91 Å². The average molecular weight is 282 g/mol. The van der Waals surface area contributed by atoms with Gasteiger partial charge in [-0.05, 0) is 0 Å². The summed E-state index contributed by atoms with van der Waals surface area (Å²) in [6, 6.07) is -0.369. The molecule has 7 heteroatoms. The predicted octanol–water partition coefficient (Wildman–Crippen LogP) is 0.181. The smallest absolute Gasteiger partial charge is 0.240 e. The van der Waals surface area contributed by atoms with Gasteiger partial charge in [-0.15, -0.1) is 0 Å². The summed E-state index contributed by atoms with van der Waals surface area (Å²) in [5.41, 5.74) is 0.902. The van der Waals surface area contributed by atoms with E-state index in [4.69, 9.17) is 4.74 Å². The summed E-state index contributed by atoms with van der Waals surface area (Å²) < 4.78 is 19.0. The number of imidazole rings is 1. The van der Waals surface area contributed by atoms with Gasteiger partial charge in [0.15, 0.2) is 0 Å². The van der Waals surface area contributed by atoms with E-state index in [-0.39, 0.29) is 18.4 Å². The van der Waals surface area contributed by atoms with Crippen LogP contribution in [-0.2, 0) is 16.1 Å². The number of carbonyl (C=O) groups is 1. The van der Waals surface area contributed by atoms with Crippen LogP contribution < -0.4 is 0 Å². The minimum Gasteiger partial charge on any atom is -0.378 e. The molecular weight excluding hydrogens is 263 g/mol. The number of hydrogen-bond acceptors (Lipinski definition) is 4. The fraction of sp³-hybridized carbons (Fsp3) is 0.692. The van der Waals surface area contributed by atoms with E-state index in [0.717, 1.165) is 5.69 Å². The quantitative estimate of drug-likeness (QED) is 0.859. The molecule has 110 valence electrons. The number of carbonyl (C=O) groups excluding carboxylic acids is 1. The van der Waals surface area contributed by atoms with Crippen molar-refractivity contribution < 1.29 is 13.9 Å². The summed E-state index contributed by atoms with van der Waals surface area (Å²) in [4.78, 5) is 23.2. The van der Waals surface area contributed by atoms with E-state index in [0.29, 0.717) is 39.4 Å². The Morgan fingerprint density at radius 3 is 3.00 bits per heavy atom. The lowest BCUT2D eigenvalue weighted by Crippen LogP contribution is -2.49. The summed E-state index contributed by atoms with van der Waals surface area (Å²) in [6.45, 7) is 3.17. The Kier molecular flexibility index (Phi) is 3.98. The number of morpholine rings is 1. The largest absolute Gasteiger partial charge is 0.378 e. The standard InChI is InChI=1S/C13H19FN4O2/c14-10-5-12(13(19)17-1-3-20-4-2-17)18(7-10)8-11-6-15-9-16-11/h6,9-10,12H,1-5,7-8H2,(H,15,16)/t10-,12+/m1/s1. The molecule has 0 bridgehead atoms. The second kappa shape index (κ2) is 5.88. The van der Waals surface area contributed by atoms with Crippen LogP contribution in [0.25, 0.3) is 0 Å². The molecule has 3 heterocycles. The zero-order valence-electron chi connectivity index (χ0n) is 11.3. The zero-order chi connectivity index (χ0) is 13.9. The Morgan fingerprint density at radius 1 is 1.50 bits per heavy atom. The fourth-order valence-electron chi connectivity index (χ4n) is 2.86. The molecule has 0 saturated carbocycles. The van der Waals surface area contributed by atoms with E-state index in [2.05, 4.69) is 9.97 Å². The van der Waals surface area contributed by atoms with Gasteiger partial charge in [-0.1, -0.05) is 0 Å². The van der Waals surface area contributed by atoms with Crippen molar-refractivity contribution in [2.45, 2.75) is 25.2 Å². The number of alkyl halides is 1. The van der Waals surface area contributed by atoms with Gasteiger partial charge >= 0.3 is 0 Å². The Morgan fingerprint density at radius 2 is 2.30 bits per heavy atom. The SMILES string of the molecule is O=C([C@@H]1C[C@@H](F)CN1Cc1cnc[nH]1)N1CCOCC1. The monoisotopic (exact) mass is 282 g/mol. The van der Waals surface area contributed by atoms with Gasteiger partial charge in [0, 0.05) is 44.5 Å². The lowest BCUT2D eigenvalue weighted by molar-refractivity contribution is -0.140. The predicted molar refractivity (Wildman–Crippen MR) is 69.7 cm³/mol. The summed E-state index contributed by atoms with van der Waals surface area (Å²) in [5, 5.41) is 0. The van der Waals surface area contributed by atoms with Crippen molar-refractivity contribution in [3.63, 3.8) is 0 Å². The van der Waals surface area contributed by atoms with Gasteiger partial charge in [0.05, 0.1) is 25.6 Å². The van der Waals surface area contributed by atoms with Crippen molar-refractivity contribution in [2.75, 3.05) is 32.8 Å². The first kappa shape index (κ1) is 13.5. The molecule has 20 heavy (non-hydrogen) atoms. The molecule has 3 rings (SSSR count). The Balaban J connectivity index is 1.67. The molecule has 1 aromatic heterocycles. The highest BCUT2D eigenvalue weighted by Gasteiger charge is 2.39. The van der Waals surface area contributed by atoms with E-state index >= 15 is 0 Å². The lowest BCUT2D eigenvalue weighted by Gasteiger charge is -2.32. The first-order valence-electron chi connectivity index (χ1n) is 6.96. The van der Waals surface area contributed by atoms with Crippen LogP contribution in [0.5, 0.6) is 0 Å². The van der Waals surface area contributed by atoms with E-state index in [1.807, 2.05) is 4.90 Å². The van der Waals surface area contributed by atoms with Gasteiger partial charge in [-0.25, -0.2) is 9.37 Å². The van der Waals surface area contributed by atoms with Crippen LogP contribution in [0.15, 0.2) is 12.5 Å². The normalized spacial score (nSPS) is 27.9. The van der Waals surface area contributed by atoms with Crippen molar-refractivity contribution in [2.24, 2.45) is 0 Å². The molecule has 0 spiro atoms. The molecule has 0 aromatic carbocycles. The van der Waals surface area contributed by atoms with Gasteiger partial charge in [-0.3, -0.25) is 9.69 Å². The van der Waals surface area contributed by atoms with Gasteiger partial charge in [-0.2, -0.15) is 0 Å². The maximum atomic E-state index is 13.7. The van der Waals surface area contributed by atoms with Crippen LogP contribution >= 0.6 is 0 Å². The minimum atomic E-state index is -0.937. The molecule has 2 aliphatic rings. The number of amides is 1. The molecule has 2 aliphatic heterocycles. The number of halogens is 1. The number of likely N-dealkylation sites (tertiary alicyclic amines) is 1. The number of hydrogen-bond donors (Lipinski definition) is 1. The summed E-state index contributed by atoms with van der Waals surface area (Å²) in [7, 11) is 0. The number of aromatic nitrogens is 2. The maximum absolute atomic E-state index is 13.7. The third-order valence-electron chi connectivity index (χ3n) is 3.89. The number of nitrogens with zero attached hydrogens (tertiary/aromatic N) is 3. The third kappa shape index (κ3) is 2.83. The van der Waals surface area contributed by atoms with Gasteiger partial charge in [0.25, 0.3) is 0 Å². The van der Waals surface area contributed by atoms with Crippen molar-refractivity contribution in [1.82, 2.24) is 19.8 Å². The van der Waals surface area contributed by atoms with Crippen LogP contribution in [0.1, 0.15) is 12.1 Å². The van der Waals surface area contributed by atoms with E-state index < -0.39 is 6.17 Å². The Labute approximate surface area is 116 Å². The van der Waals surface area contributed by atoms with Crippen molar-refractivity contribution in [1.29, 1.82) is 0 Å². The average Bonchev–Trinajstić information content (AvgIpc) is 3.09. The second-order valence-electron chi connectivity index (χ2n) is 5.29. The lowest BCUT2D eigenvalue weighted by atomic mass is 10.1. The van der Waals surface area contributed by atoms with E-state index in [1.54, 1.807) is 17.4 Å². The van der Waals surface area contributed by atoms with Crippen molar-refractivity contribution >= 4 is 5.91 Å². The fourth-order valence-corrected chi connectivity index (χ4v) is 2.86. The number of H-pyrrole nitrogens is 1.